The normalized spacial score (nSPS) is 14.9. The number of carbonyl (C=O) groups excluding carboxylic acids is 1. The Morgan fingerprint density at radius 2 is 1.89 bits per heavy atom. The molecule has 0 aliphatic carbocycles. The minimum Gasteiger partial charge on any atom is -0.493 e. The number of rotatable bonds is 6. The molecule has 0 fully saturated rings. The van der Waals surface area contributed by atoms with Gasteiger partial charge in [-0.1, -0.05) is 17.7 Å². The number of amides is 1. The van der Waals surface area contributed by atoms with E-state index in [0.717, 1.165) is 10.9 Å². The topological polar surface area (TPSA) is 99.5 Å². The molecule has 2 aromatic heterocycles. The summed E-state index contributed by atoms with van der Waals surface area (Å²) < 4.78 is 18.3. The molecule has 35 heavy (non-hydrogen) atoms. The quantitative estimate of drug-likeness (QED) is 0.397. The van der Waals surface area contributed by atoms with Gasteiger partial charge >= 0.3 is 0 Å². The number of ether oxygens (including phenoxy) is 3. The maximum absolute atomic E-state index is 13.0. The Kier molecular flexibility index (Phi) is 5.86. The number of hydrogen-bond acceptors (Lipinski definition) is 7. The van der Waals surface area contributed by atoms with Crippen LogP contribution in [0.25, 0.3) is 22.2 Å². The molecule has 1 amide bonds. The first kappa shape index (κ1) is 22.8. The number of nitrogens with zero attached hydrogens (tertiary/aromatic N) is 3. The first-order chi connectivity index (χ1) is 17.0. The van der Waals surface area contributed by atoms with Crippen LogP contribution in [-0.4, -0.2) is 48.5 Å². The Hall–Kier alpha value is -3.98. The van der Waals surface area contributed by atoms with Gasteiger partial charge in [0, 0.05) is 29.8 Å². The van der Waals surface area contributed by atoms with Gasteiger partial charge in [-0.15, -0.1) is 0 Å². The third-order valence-electron chi connectivity index (χ3n) is 6.03. The van der Waals surface area contributed by atoms with E-state index in [0.29, 0.717) is 57.1 Å². The number of fused-ring (bicyclic) bond motifs is 2. The maximum Gasteiger partial charge on any atom is 0.271 e. The zero-order chi connectivity index (χ0) is 24.7. The molecular formula is C25H24ClN5O4. The van der Waals surface area contributed by atoms with Gasteiger partial charge in [0.15, 0.2) is 22.9 Å². The van der Waals surface area contributed by atoms with Gasteiger partial charge in [0.2, 0.25) is 0 Å². The number of anilines is 2. The molecule has 1 aliphatic rings. The number of pyridine rings is 1. The summed E-state index contributed by atoms with van der Waals surface area (Å²) in [5.74, 6) is 1.39. The fourth-order valence-corrected chi connectivity index (χ4v) is 4.57. The summed E-state index contributed by atoms with van der Waals surface area (Å²) in [7, 11) is 4.71. The Labute approximate surface area is 207 Å². The summed E-state index contributed by atoms with van der Waals surface area (Å²) in [6.45, 7) is 2.48. The van der Waals surface area contributed by atoms with Gasteiger partial charge in [-0.3, -0.25) is 14.5 Å². The van der Waals surface area contributed by atoms with Crippen LogP contribution in [0.4, 0.5) is 11.4 Å². The van der Waals surface area contributed by atoms with Crippen LogP contribution in [0.5, 0.6) is 17.2 Å². The number of para-hydroxylation sites is 1. The fraction of sp³-hybridized carbons (Fsp3) is 0.240. The van der Waals surface area contributed by atoms with Crippen molar-refractivity contribution in [2.75, 3.05) is 33.2 Å². The van der Waals surface area contributed by atoms with Gasteiger partial charge in [-0.05, 0) is 31.2 Å². The molecule has 9 nitrogen and oxygen atoms in total. The molecular weight excluding hydrogens is 470 g/mol. The highest BCUT2D eigenvalue weighted by Crippen LogP contribution is 2.43. The molecule has 0 saturated carbocycles. The van der Waals surface area contributed by atoms with Crippen molar-refractivity contribution >= 4 is 39.8 Å². The molecule has 1 aliphatic heterocycles. The van der Waals surface area contributed by atoms with Crippen molar-refractivity contribution in [2.45, 2.75) is 13.0 Å². The van der Waals surface area contributed by atoms with E-state index in [2.05, 4.69) is 15.6 Å². The minimum absolute atomic E-state index is 0.0408. The Bertz CT molecular complexity index is 1450. The molecule has 1 atom stereocenters. The van der Waals surface area contributed by atoms with Gasteiger partial charge in [-0.2, -0.15) is 5.10 Å². The zero-order valence-electron chi connectivity index (χ0n) is 19.7. The third-order valence-corrected chi connectivity index (χ3v) is 6.33. The highest BCUT2D eigenvalue weighted by atomic mass is 35.5. The van der Waals surface area contributed by atoms with Crippen LogP contribution in [0.2, 0.25) is 5.02 Å². The number of halogens is 1. The van der Waals surface area contributed by atoms with Crippen molar-refractivity contribution in [1.82, 2.24) is 20.1 Å². The summed E-state index contributed by atoms with van der Waals surface area (Å²) in [4.78, 5) is 17.5. The van der Waals surface area contributed by atoms with E-state index >= 15 is 0 Å². The summed E-state index contributed by atoms with van der Waals surface area (Å²) >= 11 is 6.36. The standard InChI is InChI=1S/C25H24ClN5O4/c1-13-12-28-25(32)23-22(29-17-7-5-6-16(26)24(17)35-4)21(30-31(13)23)14-8-9-27-18-11-20(34-3)19(33-2)10-15(14)18/h5-11,13,29H,12H2,1-4H3,(H,28,32)/t13-/m0/s1. The maximum atomic E-state index is 13.0. The fourth-order valence-electron chi connectivity index (χ4n) is 4.32. The zero-order valence-corrected chi connectivity index (χ0v) is 20.4. The lowest BCUT2D eigenvalue weighted by atomic mass is 10.0. The van der Waals surface area contributed by atoms with E-state index in [1.807, 2.05) is 37.3 Å². The summed E-state index contributed by atoms with van der Waals surface area (Å²) in [6.07, 6.45) is 1.70. The van der Waals surface area contributed by atoms with Crippen molar-refractivity contribution in [2.24, 2.45) is 0 Å². The van der Waals surface area contributed by atoms with Crippen LogP contribution in [0.15, 0.2) is 42.6 Å². The molecule has 10 heteroatoms. The number of carbonyl (C=O) groups is 1. The molecule has 0 bridgehead atoms. The average molecular weight is 494 g/mol. The monoisotopic (exact) mass is 493 g/mol. The molecule has 2 aromatic carbocycles. The number of aromatic nitrogens is 3. The molecule has 3 heterocycles. The van der Waals surface area contributed by atoms with Crippen LogP contribution in [0.1, 0.15) is 23.5 Å². The number of hydrogen-bond donors (Lipinski definition) is 2. The number of methoxy groups -OCH3 is 3. The minimum atomic E-state index is -0.219. The predicted octanol–water partition coefficient (Wildman–Crippen LogP) is 4.83. The van der Waals surface area contributed by atoms with Gasteiger partial charge < -0.3 is 24.8 Å². The van der Waals surface area contributed by atoms with Crippen molar-refractivity contribution < 1.29 is 19.0 Å². The summed E-state index contributed by atoms with van der Waals surface area (Å²) in [5.41, 5.74) is 3.64. The van der Waals surface area contributed by atoms with Gasteiger partial charge in [0.05, 0.1) is 49.3 Å². The molecule has 0 radical (unpaired) electrons. The Balaban J connectivity index is 1.78. The van der Waals surface area contributed by atoms with Crippen LogP contribution in [0.3, 0.4) is 0 Å². The lowest BCUT2D eigenvalue weighted by Gasteiger charge is -2.22. The Morgan fingerprint density at radius 1 is 1.11 bits per heavy atom. The summed E-state index contributed by atoms with van der Waals surface area (Å²) in [5, 5.41) is 12.5. The van der Waals surface area contributed by atoms with Crippen molar-refractivity contribution in [3.8, 4) is 28.5 Å². The first-order valence-corrected chi connectivity index (χ1v) is 11.4. The molecule has 5 rings (SSSR count). The lowest BCUT2D eigenvalue weighted by molar-refractivity contribution is 0.0913. The molecule has 4 aromatic rings. The van der Waals surface area contributed by atoms with Crippen LogP contribution >= 0.6 is 11.6 Å². The second-order valence-corrected chi connectivity index (χ2v) is 8.51. The van der Waals surface area contributed by atoms with E-state index in [-0.39, 0.29) is 11.9 Å². The van der Waals surface area contributed by atoms with E-state index in [4.69, 9.17) is 30.9 Å². The summed E-state index contributed by atoms with van der Waals surface area (Å²) in [6, 6.07) is 10.9. The largest absolute Gasteiger partial charge is 0.493 e. The molecule has 2 N–H and O–H groups in total. The van der Waals surface area contributed by atoms with Crippen molar-refractivity contribution in [3.05, 3.63) is 53.3 Å². The predicted molar refractivity (Wildman–Crippen MR) is 134 cm³/mol. The van der Waals surface area contributed by atoms with E-state index in [1.165, 1.54) is 0 Å². The SMILES string of the molecule is COc1cc2nccc(-c3nn4c(c3Nc3cccc(Cl)c3OC)C(=O)NC[C@@H]4C)c2cc1OC. The van der Waals surface area contributed by atoms with E-state index in [9.17, 15) is 4.79 Å². The molecule has 0 unspecified atom stereocenters. The van der Waals surface area contributed by atoms with Gasteiger partial charge in [-0.25, -0.2) is 0 Å². The van der Waals surface area contributed by atoms with Gasteiger partial charge in [0.25, 0.3) is 5.91 Å². The van der Waals surface area contributed by atoms with E-state index in [1.54, 1.807) is 38.3 Å². The third kappa shape index (κ3) is 3.77. The number of nitrogens with one attached hydrogen (secondary N) is 2. The van der Waals surface area contributed by atoms with Crippen LogP contribution in [-0.2, 0) is 0 Å². The number of benzene rings is 2. The second kappa shape index (κ2) is 8.99. The smallest absolute Gasteiger partial charge is 0.271 e. The van der Waals surface area contributed by atoms with Gasteiger partial charge in [0.1, 0.15) is 5.69 Å². The van der Waals surface area contributed by atoms with Crippen LogP contribution < -0.4 is 24.8 Å². The highest BCUT2D eigenvalue weighted by molar-refractivity contribution is 6.32. The molecule has 0 spiro atoms. The first-order valence-electron chi connectivity index (χ1n) is 11.0. The van der Waals surface area contributed by atoms with Crippen molar-refractivity contribution in [1.29, 1.82) is 0 Å². The van der Waals surface area contributed by atoms with E-state index < -0.39 is 0 Å². The van der Waals surface area contributed by atoms with Crippen molar-refractivity contribution in [3.63, 3.8) is 0 Å². The highest BCUT2D eigenvalue weighted by Gasteiger charge is 2.32. The Morgan fingerprint density at radius 3 is 2.63 bits per heavy atom. The van der Waals surface area contributed by atoms with Crippen LogP contribution in [0, 0.1) is 0 Å². The second-order valence-electron chi connectivity index (χ2n) is 8.10. The molecule has 180 valence electrons. The lowest BCUT2D eigenvalue weighted by Crippen LogP contribution is -2.38. The molecule has 0 saturated heterocycles. The average Bonchev–Trinajstić information content (AvgIpc) is 3.25.